The number of rotatable bonds is 4. The van der Waals surface area contributed by atoms with Crippen LogP contribution in [0.1, 0.15) is 18.1 Å². The van der Waals surface area contributed by atoms with Crippen LogP contribution in [0.4, 0.5) is 23.3 Å². The molecule has 28 heavy (non-hydrogen) atoms. The van der Waals surface area contributed by atoms with Gasteiger partial charge in [-0.05, 0) is 47.3 Å². The number of nitrogens with one attached hydrogen (secondary N) is 2. The van der Waals surface area contributed by atoms with E-state index in [2.05, 4.69) is 48.7 Å². The van der Waals surface area contributed by atoms with E-state index < -0.39 is 0 Å². The SMILES string of the molecule is CC(=O)Nc1cccc(Nc2nc(Cl)nc(N3CCc4ccccc4C3)n2)c1. The third-order valence-corrected chi connectivity index (χ3v) is 4.62. The Bertz CT molecular complexity index is 1030. The molecule has 0 bridgehead atoms. The van der Waals surface area contributed by atoms with Gasteiger partial charge in [0.15, 0.2) is 0 Å². The molecule has 2 heterocycles. The third kappa shape index (κ3) is 4.20. The van der Waals surface area contributed by atoms with Crippen LogP contribution in [0, 0.1) is 0 Å². The molecule has 3 aromatic rings. The minimum absolute atomic E-state index is 0.129. The van der Waals surface area contributed by atoms with Crippen LogP contribution in [-0.2, 0) is 17.8 Å². The van der Waals surface area contributed by atoms with Crippen LogP contribution in [0.5, 0.6) is 0 Å². The average Bonchev–Trinajstić information content (AvgIpc) is 2.67. The Morgan fingerprint density at radius 2 is 1.82 bits per heavy atom. The fourth-order valence-corrected chi connectivity index (χ4v) is 3.37. The van der Waals surface area contributed by atoms with Crippen molar-refractivity contribution in [2.45, 2.75) is 19.9 Å². The number of carbonyl (C=O) groups excluding carboxylic acids is 1. The van der Waals surface area contributed by atoms with Crippen molar-refractivity contribution >= 4 is 40.8 Å². The fourth-order valence-electron chi connectivity index (χ4n) is 3.21. The van der Waals surface area contributed by atoms with Crippen molar-refractivity contribution in [3.05, 3.63) is 64.9 Å². The van der Waals surface area contributed by atoms with Crippen molar-refractivity contribution in [1.29, 1.82) is 0 Å². The Labute approximate surface area is 167 Å². The zero-order valence-electron chi connectivity index (χ0n) is 15.3. The monoisotopic (exact) mass is 394 g/mol. The Morgan fingerprint density at radius 3 is 2.64 bits per heavy atom. The largest absolute Gasteiger partial charge is 0.336 e. The first-order valence-electron chi connectivity index (χ1n) is 8.95. The van der Waals surface area contributed by atoms with Gasteiger partial charge in [-0.3, -0.25) is 4.79 Å². The average molecular weight is 395 g/mol. The molecule has 2 aromatic carbocycles. The van der Waals surface area contributed by atoms with Gasteiger partial charge in [0.2, 0.25) is 23.1 Å². The highest BCUT2D eigenvalue weighted by Crippen LogP contribution is 2.24. The van der Waals surface area contributed by atoms with E-state index in [1.807, 2.05) is 24.3 Å². The van der Waals surface area contributed by atoms with Gasteiger partial charge in [-0.2, -0.15) is 15.0 Å². The van der Waals surface area contributed by atoms with E-state index >= 15 is 0 Å². The number of hydrogen-bond acceptors (Lipinski definition) is 6. The van der Waals surface area contributed by atoms with Crippen molar-refractivity contribution in [1.82, 2.24) is 15.0 Å². The molecular weight excluding hydrogens is 376 g/mol. The van der Waals surface area contributed by atoms with Crippen LogP contribution in [0.2, 0.25) is 5.28 Å². The fraction of sp³-hybridized carbons (Fsp3) is 0.200. The van der Waals surface area contributed by atoms with E-state index in [9.17, 15) is 4.79 Å². The molecule has 0 unspecified atom stereocenters. The standard InChI is InChI=1S/C20H19ClN6O/c1-13(28)22-16-7-4-8-17(11-16)23-19-24-18(21)25-20(26-19)27-10-9-14-5-2-3-6-15(14)12-27/h2-8,11H,9-10,12H2,1H3,(H,22,28)(H,23,24,25,26). The van der Waals surface area contributed by atoms with Crippen LogP contribution in [-0.4, -0.2) is 27.4 Å². The lowest BCUT2D eigenvalue weighted by molar-refractivity contribution is -0.114. The molecular formula is C20H19ClN6O. The van der Waals surface area contributed by atoms with E-state index in [0.29, 0.717) is 17.6 Å². The van der Waals surface area contributed by atoms with Gasteiger partial charge in [0, 0.05) is 31.4 Å². The van der Waals surface area contributed by atoms with Gasteiger partial charge < -0.3 is 15.5 Å². The molecule has 0 saturated carbocycles. The number of benzene rings is 2. The van der Waals surface area contributed by atoms with E-state index in [1.54, 1.807) is 6.07 Å². The summed E-state index contributed by atoms with van der Waals surface area (Å²) in [7, 11) is 0. The van der Waals surface area contributed by atoms with Gasteiger partial charge in [0.25, 0.3) is 0 Å². The molecule has 0 saturated heterocycles. The minimum atomic E-state index is -0.131. The molecule has 4 rings (SSSR count). The Balaban J connectivity index is 1.56. The highest BCUT2D eigenvalue weighted by Gasteiger charge is 2.19. The summed E-state index contributed by atoms with van der Waals surface area (Å²) in [6.07, 6.45) is 0.932. The zero-order chi connectivity index (χ0) is 19.5. The first-order chi connectivity index (χ1) is 13.6. The second-order valence-electron chi connectivity index (χ2n) is 6.56. The highest BCUT2D eigenvalue weighted by atomic mass is 35.5. The molecule has 1 aliphatic heterocycles. The summed E-state index contributed by atoms with van der Waals surface area (Å²) in [5.41, 5.74) is 4.05. The maximum absolute atomic E-state index is 11.2. The van der Waals surface area contributed by atoms with Crippen molar-refractivity contribution in [3.63, 3.8) is 0 Å². The third-order valence-electron chi connectivity index (χ3n) is 4.45. The molecule has 8 heteroatoms. The van der Waals surface area contributed by atoms with Crippen LogP contribution in [0.3, 0.4) is 0 Å². The summed E-state index contributed by atoms with van der Waals surface area (Å²) < 4.78 is 0. The maximum Gasteiger partial charge on any atom is 0.233 e. The van der Waals surface area contributed by atoms with Gasteiger partial charge in [0.05, 0.1) is 0 Å². The van der Waals surface area contributed by atoms with Crippen LogP contribution in [0.25, 0.3) is 0 Å². The summed E-state index contributed by atoms with van der Waals surface area (Å²) in [4.78, 5) is 26.4. The molecule has 0 radical (unpaired) electrons. The molecule has 1 aliphatic rings. The number of carbonyl (C=O) groups is 1. The quantitative estimate of drug-likeness (QED) is 0.700. The van der Waals surface area contributed by atoms with E-state index in [1.165, 1.54) is 18.1 Å². The van der Waals surface area contributed by atoms with Crippen LogP contribution in [0.15, 0.2) is 48.5 Å². The second kappa shape index (κ2) is 7.82. The number of nitrogens with zero attached hydrogens (tertiary/aromatic N) is 4. The summed E-state index contributed by atoms with van der Waals surface area (Å²) in [6, 6.07) is 15.7. The summed E-state index contributed by atoms with van der Waals surface area (Å²) >= 11 is 6.15. The molecule has 1 aromatic heterocycles. The van der Waals surface area contributed by atoms with Crippen molar-refractivity contribution in [2.24, 2.45) is 0 Å². The van der Waals surface area contributed by atoms with Crippen molar-refractivity contribution in [2.75, 3.05) is 22.1 Å². The first-order valence-corrected chi connectivity index (χ1v) is 9.32. The molecule has 0 atom stereocenters. The first kappa shape index (κ1) is 18.2. The number of anilines is 4. The lowest BCUT2D eigenvalue weighted by atomic mass is 10.0. The van der Waals surface area contributed by atoms with E-state index in [-0.39, 0.29) is 11.2 Å². The topological polar surface area (TPSA) is 83.0 Å². The molecule has 0 spiro atoms. The summed E-state index contributed by atoms with van der Waals surface area (Å²) in [5, 5.41) is 6.01. The second-order valence-corrected chi connectivity index (χ2v) is 6.89. The number of fused-ring (bicyclic) bond motifs is 1. The van der Waals surface area contributed by atoms with Gasteiger partial charge >= 0.3 is 0 Å². The predicted molar refractivity (Wildman–Crippen MR) is 110 cm³/mol. The number of halogens is 1. The molecule has 7 nitrogen and oxygen atoms in total. The molecule has 0 fully saturated rings. The smallest absolute Gasteiger partial charge is 0.233 e. The van der Waals surface area contributed by atoms with Gasteiger partial charge in [0.1, 0.15) is 0 Å². The Kier molecular flexibility index (Phi) is 5.08. The van der Waals surface area contributed by atoms with E-state index in [0.717, 1.165) is 25.2 Å². The van der Waals surface area contributed by atoms with Gasteiger partial charge in [-0.1, -0.05) is 30.3 Å². The van der Waals surface area contributed by atoms with Gasteiger partial charge in [-0.15, -0.1) is 0 Å². The highest BCUT2D eigenvalue weighted by molar-refractivity contribution is 6.28. The Morgan fingerprint density at radius 1 is 1.04 bits per heavy atom. The van der Waals surface area contributed by atoms with Crippen LogP contribution < -0.4 is 15.5 Å². The normalized spacial score (nSPS) is 13.0. The lowest BCUT2D eigenvalue weighted by Crippen LogP contribution is -2.32. The molecule has 0 aliphatic carbocycles. The predicted octanol–water partition coefficient (Wildman–Crippen LogP) is 3.79. The van der Waals surface area contributed by atoms with Gasteiger partial charge in [-0.25, -0.2) is 0 Å². The van der Waals surface area contributed by atoms with E-state index in [4.69, 9.17) is 11.6 Å². The number of hydrogen-bond donors (Lipinski definition) is 2. The van der Waals surface area contributed by atoms with Crippen molar-refractivity contribution < 1.29 is 4.79 Å². The van der Waals surface area contributed by atoms with Crippen LogP contribution >= 0.6 is 11.6 Å². The van der Waals surface area contributed by atoms with Crippen molar-refractivity contribution in [3.8, 4) is 0 Å². The lowest BCUT2D eigenvalue weighted by Gasteiger charge is -2.28. The summed E-state index contributed by atoms with van der Waals surface area (Å²) in [5.74, 6) is 0.761. The molecule has 142 valence electrons. The Hall–Kier alpha value is -3.19. The molecule has 1 amide bonds. The number of aromatic nitrogens is 3. The molecule has 2 N–H and O–H groups in total. The minimum Gasteiger partial charge on any atom is -0.336 e. The summed E-state index contributed by atoms with van der Waals surface area (Å²) in [6.45, 7) is 3.01. The number of amides is 1. The zero-order valence-corrected chi connectivity index (χ0v) is 16.1. The maximum atomic E-state index is 11.2.